The molecule has 52 valence electrons. The molecule has 1 rings (SSSR count). The van der Waals surface area contributed by atoms with Crippen LogP contribution < -0.4 is 4.74 Å². The summed E-state index contributed by atoms with van der Waals surface area (Å²) in [6, 6.07) is 0.366. The van der Waals surface area contributed by atoms with Gasteiger partial charge in [0.1, 0.15) is 6.33 Å². The van der Waals surface area contributed by atoms with Crippen LogP contribution in [0.2, 0.25) is 0 Å². The number of aromatic nitrogens is 3. The maximum Gasteiger partial charge on any atom is 0.324 e. The summed E-state index contributed by atoms with van der Waals surface area (Å²) in [7, 11) is 0. The van der Waals surface area contributed by atoms with Gasteiger partial charge in [-0.25, -0.2) is 0 Å². The molecule has 0 radical (unpaired) electrons. The van der Waals surface area contributed by atoms with Crippen LogP contribution in [0.1, 0.15) is 0 Å². The first-order valence-electron chi connectivity index (χ1n) is 2.68. The lowest BCUT2D eigenvalue weighted by Crippen LogP contribution is -1.92. The molecule has 0 unspecified atom stereocenters. The molecule has 0 N–H and O–H groups in total. The topological polar surface area (TPSA) is 39.9 Å². The minimum atomic E-state index is 0.366. The Bertz CT molecular complexity index is 241. The number of ether oxygens (including phenoxy) is 1. The molecule has 0 aliphatic carbocycles. The summed E-state index contributed by atoms with van der Waals surface area (Å²) in [6.45, 7) is 6.87. The van der Waals surface area contributed by atoms with Crippen molar-refractivity contribution in [1.29, 1.82) is 0 Å². The highest BCUT2D eigenvalue weighted by Gasteiger charge is 1.97. The van der Waals surface area contributed by atoms with E-state index in [1.807, 2.05) is 0 Å². The first-order chi connectivity index (χ1) is 4.88. The standard InChI is InChI=1S/C6H7N3O/c1-3-9-6(10-4-2)7-5-8-9/h3-5H,1-2H2. The van der Waals surface area contributed by atoms with Crippen LogP contribution in [-0.2, 0) is 0 Å². The Morgan fingerprint density at radius 3 is 3.00 bits per heavy atom. The van der Waals surface area contributed by atoms with Crippen molar-refractivity contribution >= 4 is 6.20 Å². The van der Waals surface area contributed by atoms with E-state index in [2.05, 4.69) is 23.2 Å². The van der Waals surface area contributed by atoms with Gasteiger partial charge in [0.2, 0.25) is 0 Å². The molecule has 0 fully saturated rings. The van der Waals surface area contributed by atoms with Crippen molar-refractivity contribution in [1.82, 2.24) is 14.8 Å². The lowest BCUT2D eigenvalue weighted by Gasteiger charge is -1.94. The van der Waals surface area contributed by atoms with Crippen LogP contribution in [0.25, 0.3) is 6.20 Å². The van der Waals surface area contributed by atoms with Crippen LogP contribution >= 0.6 is 0 Å². The molecule has 1 aromatic heterocycles. The van der Waals surface area contributed by atoms with Gasteiger partial charge < -0.3 is 4.74 Å². The van der Waals surface area contributed by atoms with Crippen molar-refractivity contribution in [2.75, 3.05) is 0 Å². The van der Waals surface area contributed by atoms with Crippen LogP contribution in [0.3, 0.4) is 0 Å². The van der Waals surface area contributed by atoms with Gasteiger partial charge in [0.25, 0.3) is 0 Å². The van der Waals surface area contributed by atoms with E-state index in [-0.39, 0.29) is 0 Å². The Labute approximate surface area is 58.5 Å². The molecular formula is C6H7N3O. The molecule has 0 saturated heterocycles. The van der Waals surface area contributed by atoms with E-state index in [4.69, 9.17) is 4.74 Å². The van der Waals surface area contributed by atoms with Gasteiger partial charge >= 0.3 is 6.01 Å². The van der Waals surface area contributed by atoms with Gasteiger partial charge in [-0.3, -0.25) is 0 Å². The normalized spacial score (nSPS) is 8.80. The Morgan fingerprint density at radius 1 is 1.60 bits per heavy atom. The van der Waals surface area contributed by atoms with E-state index < -0.39 is 0 Å². The quantitative estimate of drug-likeness (QED) is 0.581. The number of hydrogen-bond donors (Lipinski definition) is 0. The van der Waals surface area contributed by atoms with E-state index in [0.29, 0.717) is 6.01 Å². The monoisotopic (exact) mass is 137 g/mol. The summed E-state index contributed by atoms with van der Waals surface area (Å²) in [4.78, 5) is 3.76. The minimum Gasteiger partial charge on any atom is -0.433 e. The number of hydrogen-bond acceptors (Lipinski definition) is 3. The molecule has 0 atom stereocenters. The van der Waals surface area contributed by atoms with Crippen LogP contribution in [0, 0.1) is 0 Å². The molecule has 0 spiro atoms. The van der Waals surface area contributed by atoms with Gasteiger partial charge in [-0.05, 0) is 0 Å². The fraction of sp³-hybridized carbons (Fsp3) is 0. The molecule has 0 aliphatic heterocycles. The lowest BCUT2D eigenvalue weighted by molar-refractivity contribution is 0.432. The van der Waals surface area contributed by atoms with Gasteiger partial charge in [-0.2, -0.15) is 14.8 Å². The summed E-state index contributed by atoms with van der Waals surface area (Å²) in [6.07, 6.45) is 4.15. The van der Waals surface area contributed by atoms with Gasteiger partial charge in [0.15, 0.2) is 0 Å². The maximum absolute atomic E-state index is 4.85. The van der Waals surface area contributed by atoms with Crippen molar-refractivity contribution in [3.05, 3.63) is 25.7 Å². The third-order valence-electron chi connectivity index (χ3n) is 0.902. The molecule has 0 saturated carbocycles. The highest BCUT2D eigenvalue weighted by atomic mass is 16.5. The molecular weight excluding hydrogens is 130 g/mol. The smallest absolute Gasteiger partial charge is 0.324 e. The zero-order chi connectivity index (χ0) is 7.40. The van der Waals surface area contributed by atoms with E-state index in [9.17, 15) is 0 Å². The SMILES string of the molecule is C=COc1ncnn1C=C. The second-order valence-electron chi connectivity index (χ2n) is 1.45. The lowest BCUT2D eigenvalue weighted by atomic mass is 10.9. The summed E-state index contributed by atoms with van der Waals surface area (Å²) >= 11 is 0. The highest BCUT2D eigenvalue weighted by Crippen LogP contribution is 2.03. The third-order valence-corrected chi connectivity index (χ3v) is 0.902. The molecule has 1 aromatic rings. The number of rotatable bonds is 3. The zero-order valence-corrected chi connectivity index (χ0v) is 5.40. The van der Waals surface area contributed by atoms with Gasteiger partial charge in [0.05, 0.1) is 6.26 Å². The second-order valence-corrected chi connectivity index (χ2v) is 1.45. The van der Waals surface area contributed by atoms with Gasteiger partial charge in [-0.1, -0.05) is 13.2 Å². The summed E-state index contributed by atoms with van der Waals surface area (Å²) in [5.41, 5.74) is 0. The van der Waals surface area contributed by atoms with Crippen molar-refractivity contribution < 1.29 is 4.74 Å². The van der Waals surface area contributed by atoms with Gasteiger partial charge in [0, 0.05) is 6.20 Å². The second kappa shape index (κ2) is 2.82. The molecule has 0 aromatic carbocycles. The van der Waals surface area contributed by atoms with Crippen molar-refractivity contribution in [3.63, 3.8) is 0 Å². The minimum absolute atomic E-state index is 0.366. The fourth-order valence-electron chi connectivity index (χ4n) is 0.524. The largest absolute Gasteiger partial charge is 0.433 e. The maximum atomic E-state index is 4.85. The molecule has 0 aliphatic rings. The molecule has 0 bridgehead atoms. The summed E-state index contributed by atoms with van der Waals surface area (Å²) in [5, 5.41) is 3.77. The first kappa shape index (κ1) is 6.54. The van der Waals surface area contributed by atoms with E-state index in [1.54, 1.807) is 0 Å². The fourth-order valence-corrected chi connectivity index (χ4v) is 0.524. The molecule has 10 heavy (non-hydrogen) atoms. The summed E-state index contributed by atoms with van der Waals surface area (Å²) < 4.78 is 6.25. The van der Waals surface area contributed by atoms with E-state index in [1.165, 1.54) is 23.5 Å². The van der Waals surface area contributed by atoms with Crippen LogP contribution in [0.4, 0.5) is 0 Å². The zero-order valence-electron chi connectivity index (χ0n) is 5.40. The molecule has 0 amide bonds. The van der Waals surface area contributed by atoms with Crippen molar-refractivity contribution in [3.8, 4) is 6.01 Å². The highest BCUT2D eigenvalue weighted by molar-refractivity contribution is 5.18. The molecule has 1 heterocycles. The molecule has 4 heteroatoms. The average Bonchev–Trinajstić information content (AvgIpc) is 2.36. The third kappa shape index (κ3) is 1.05. The Kier molecular flexibility index (Phi) is 1.84. The van der Waals surface area contributed by atoms with Crippen LogP contribution in [0.15, 0.2) is 25.7 Å². The predicted molar refractivity (Wildman–Crippen MR) is 37.2 cm³/mol. The Hall–Kier alpha value is -1.58. The number of nitrogens with zero attached hydrogens (tertiary/aromatic N) is 3. The first-order valence-corrected chi connectivity index (χ1v) is 2.68. The predicted octanol–water partition coefficient (Wildman–Crippen LogP) is 0.901. The van der Waals surface area contributed by atoms with Crippen LogP contribution in [-0.4, -0.2) is 14.8 Å². The summed E-state index contributed by atoms with van der Waals surface area (Å²) in [5.74, 6) is 0. The van der Waals surface area contributed by atoms with Crippen LogP contribution in [0.5, 0.6) is 6.01 Å². The van der Waals surface area contributed by atoms with E-state index >= 15 is 0 Å². The van der Waals surface area contributed by atoms with Gasteiger partial charge in [-0.15, -0.1) is 0 Å². The molecule has 4 nitrogen and oxygen atoms in total. The van der Waals surface area contributed by atoms with Crippen molar-refractivity contribution in [2.45, 2.75) is 0 Å². The van der Waals surface area contributed by atoms with E-state index in [0.717, 1.165) is 0 Å². The Balaban J connectivity index is 2.89. The van der Waals surface area contributed by atoms with Crippen molar-refractivity contribution in [2.24, 2.45) is 0 Å². The Morgan fingerprint density at radius 2 is 2.40 bits per heavy atom. The average molecular weight is 137 g/mol.